The van der Waals surface area contributed by atoms with Crippen LogP contribution in [0.3, 0.4) is 0 Å². The van der Waals surface area contributed by atoms with Crippen LogP contribution >= 0.6 is 0 Å². The molecule has 0 aromatic heterocycles. The van der Waals surface area contributed by atoms with Crippen molar-refractivity contribution in [3.63, 3.8) is 0 Å². The van der Waals surface area contributed by atoms with Crippen LogP contribution in [0.15, 0.2) is 54.6 Å². The molecule has 6 heteroatoms. The fourth-order valence-corrected chi connectivity index (χ4v) is 2.04. The van der Waals surface area contributed by atoms with Gasteiger partial charge in [-0.05, 0) is 43.3 Å². The molecule has 1 N–H and O–H groups in total. The lowest BCUT2D eigenvalue weighted by molar-refractivity contribution is 0.0526. The van der Waals surface area contributed by atoms with Crippen molar-refractivity contribution in [1.29, 1.82) is 0 Å². The van der Waals surface area contributed by atoms with E-state index in [0.29, 0.717) is 31.0 Å². The predicted molar refractivity (Wildman–Crippen MR) is 96.0 cm³/mol. The SMILES string of the molecule is CCOC(=O)c1ccc(NC(=O)N(C)CCOc2ccccc2)cc1. The molecule has 132 valence electrons. The molecule has 2 amide bonds. The first-order valence-electron chi connectivity index (χ1n) is 8.07. The number of likely N-dealkylation sites (N-methyl/N-ethyl adjacent to an activating group) is 1. The zero-order chi connectivity index (χ0) is 18.1. The zero-order valence-electron chi connectivity index (χ0n) is 14.4. The Kier molecular flexibility index (Phi) is 6.83. The fourth-order valence-electron chi connectivity index (χ4n) is 2.04. The summed E-state index contributed by atoms with van der Waals surface area (Å²) in [4.78, 5) is 25.3. The van der Waals surface area contributed by atoms with Crippen molar-refractivity contribution in [3.8, 4) is 5.75 Å². The lowest BCUT2D eigenvalue weighted by Crippen LogP contribution is -2.34. The number of urea groups is 1. The van der Waals surface area contributed by atoms with Crippen LogP contribution in [-0.4, -0.2) is 43.7 Å². The Morgan fingerprint density at radius 3 is 2.36 bits per heavy atom. The second-order valence-corrected chi connectivity index (χ2v) is 5.31. The molecule has 0 saturated heterocycles. The van der Waals surface area contributed by atoms with Crippen LogP contribution in [0.4, 0.5) is 10.5 Å². The number of rotatable bonds is 7. The summed E-state index contributed by atoms with van der Waals surface area (Å²) in [7, 11) is 1.69. The molecule has 2 aromatic rings. The summed E-state index contributed by atoms with van der Waals surface area (Å²) in [6.45, 7) is 2.92. The van der Waals surface area contributed by atoms with Gasteiger partial charge in [0.2, 0.25) is 0 Å². The molecule has 0 heterocycles. The molecule has 0 aliphatic carbocycles. The number of hydrogen-bond donors (Lipinski definition) is 1. The number of nitrogens with zero attached hydrogens (tertiary/aromatic N) is 1. The van der Waals surface area contributed by atoms with Gasteiger partial charge in [-0.25, -0.2) is 9.59 Å². The average molecular weight is 342 g/mol. The first-order chi connectivity index (χ1) is 12.1. The molecule has 0 spiro atoms. The van der Waals surface area contributed by atoms with E-state index in [0.717, 1.165) is 5.75 Å². The fraction of sp³-hybridized carbons (Fsp3) is 0.263. The van der Waals surface area contributed by atoms with Gasteiger partial charge in [-0.15, -0.1) is 0 Å². The van der Waals surface area contributed by atoms with E-state index in [-0.39, 0.29) is 12.0 Å². The second-order valence-electron chi connectivity index (χ2n) is 5.31. The van der Waals surface area contributed by atoms with Gasteiger partial charge in [-0.1, -0.05) is 18.2 Å². The molecule has 6 nitrogen and oxygen atoms in total. The Morgan fingerprint density at radius 1 is 1.04 bits per heavy atom. The quantitative estimate of drug-likeness (QED) is 0.783. The smallest absolute Gasteiger partial charge is 0.338 e. The number of para-hydroxylation sites is 1. The Morgan fingerprint density at radius 2 is 1.72 bits per heavy atom. The molecule has 0 aliphatic heterocycles. The minimum atomic E-state index is -0.379. The average Bonchev–Trinajstić information content (AvgIpc) is 2.63. The molecular formula is C19H22N2O4. The van der Waals surface area contributed by atoms with Crippen LogP contribution in [0.2, 0.25) is 0 Å². The Labute approximate surface area is 147 Å². The predicted octanol–water partition coefficient (Wildman–Crippen LogP) is 3.41. The van der Waals surface area contributed by atoms with E-state index in [9.17, 15) is 9.59 Å². The highest BCUT2D eigenvalue weighted by atomic mass is 16.5. The number of carbonyl (C=O) groups excluding carboxylic acids is 2. The third kappa shape index (κ3) is 5.84. The van der Waals surface area contributed by atoms with Gasteiger partial charge in [-0.3, -0.25) is 0 Å². The van der Waals surface area contributed by atoms with Gasteiger partial charge in [0.25, 0.3) is 0 Å². The minimum Gasteiger partial charge on any atom is -0.492 e. The topological polar surface area (TPSA) is 67.9 Å². The van der Waals surface area contributed by atoms with E-state index in [1.807, 2.05) is 30.3 Å². The van der Waals surface area contributed by atoms with Crippen molar-refractivity contribution in [2.75, 3.05) is 32.1 Å². The molecule has 2 aromatic carbocycles. The monoisotopic (exact) mass is 342 g/mol. The molecule has 2 rings (SSSR count). The molecule has 0 unspecified atom stereocenters. The maximum atomic E-state index is 12.1. The minimum absolute atomic E-state index is 0.249. The highest BCUT2D eigenvalue weighted by Gasteiger charge is 2.10. The van der Waals surface area contributed by atoms with E-state index < -0.39 is 0 Å². The summed E-state index contributed by atoms with van der Waals surface area (Å²) in [5.41, 5.74) is 1.05. The largest absolute Gasteiger partial charge is 0.492 e. The lowest BCUT2D eigenvalue weighted by atomic mass is 10.2. The molecule has 0 bridgehead atoms. The first-order valence-corrected chi connectivity index (χ1v) is 8.07. The normalized spacial score (nSPS) is 10.0. The Bertz CT molecular complexity index is 686. The van der Waals surface area contributed by atoms with E-state index in [2.05, 4.69) is 5.32 Å². The molecular weight excluding hydrogens is 320 g/mol. The van der Waals surface area contributed by atoms with Crippen LogP contribution < -0.4 is 10.1 Å². The summed E-state index contributed by atoms with van der Waals surface area (Å²) in [5.74, 6) is 0.390. The summed E-state index contributed by atoms with van der Waals surface area (Å²) in [5, 5.41) is 2.77. The first kappa shape index (κ1) is 18.3. The number of anilines is 1. The number of esters is 1. The van der Waals surface area contributed by atoms with Crippen molar-refractivity contribution in [3.05, 3.63) is 60.2 Å². The molecule has 25 heavy (non-hydrogen) atoms. The van der Waals surface area contributed by atoms with Gasteiger partial charge in [0.05, 0.1) is 18.7 Å². The van der Waals surface area contributed by atoms with Crippen LogP contribution in [0.25, 0.3) is 0 Å². The summed E-state index contributed by atoms with van der Waals surface area (Å²) >= 11 is 0. The van der Waals surface area contributed by atoms with Crippen molar-refractivity contribution in [1.82, 2.24) is 4.90 Å². The number of nitrogens with one attached hydrogen (secondary N) is 1. The zero-order valence-corrected chi connectivity index (χ0v) is 14.4. The number of ether oxygens (including phenoxy) is 2. The molecule has 0 saturated carbocycles. The van der Waals surface area contributed by atoms with Gasteiger partial charge in [0.1, 0.15) is 12.4 Å². The molecule has 0 fully saturated rings. The van der Waals surface area contributed by atoms with Gasteiger partial charge >= 0.3 is 12.0 Å². The van der Waals surface area contributed by atoms with Crippen molar-refractivity contribution in [2.24, 2.45) is 0 Å². The maximum absolute atomic E-state index is 12.1. The standard InChI is InChI=1S/C19H22N2O4/c1-3-24-18(22)15-9-11-16(12-10-15)20-19(23)21(2)13-14-25-17-7-5-4-6-8-17/h4-12H,3,13-14H2,1-2H3,(H,20,23). The van der Waals surface area contributed by atoms with Crippen molar-refractivity contribution < 1.29 is 19.1 Å². The highest BCUT2D eigenvalue weighted by Crippen LogP contribution is 2.12. The number of benzene rings is 2. The van der Waals surface area contributed by atoms with Crippen LogP contribution in [0.1, 0.15) is 17.3 Å². The van der Waals surface area contributed by atoms with Gasteiger partial charge in [-0.2, -0.15) is 0 Å². The maximum Gasteiger partial charge on any atom is 0.338 e. The van der Waals surface area contributed by atoms with E-state index in [1.165, 1.54) is 4.90 Å². The second kappa shape index (κ2) is 9.32. The number of carbonyl (C=O) groups is 2. The summed E-state index contributed by atoms with van der Waals surface area (Å²) in [6.07, 6.45) is 0. The van der Waals surface area contributed by atoms with E-state index in [1.54, 1.807) is 38.2 Å². The van der Waals surface area contributed by atoms with Crippen molar-refractivity contribution >= 4 is 17.7 Å². The molecule has 0 aliphatic rings. The molecule has 0 atom stereocenters. The summed E-state index contributed by atoms with van der Waals surface area (Å²) < 4.78 is 10.5. The Balaban J connectivity index is 1.79. The highest BCUT2D eigenvalue weighted by molar-refractivity contribution is 5.92. The van der Waals surface area contributed by atoms with Crippen LogP contribution in [0.5, 0.6) is 5.75 Å². The number of hydrogen-bond acceptors (Lipinski definition) is 4. The third-order valence-electron chi connectivity index (χ3n) is 3.43. The van der Waals surface area contributed by atoms with Crippen molar-refractivity contribution in [2.45, 2.75) is 6.92 Å². The van der Waals surface area contributed by atoms with Crippen LogP contribution in [-0.2, 0) is 4.74 Å². The third-order valence-corrected chi connectivity index (χ3v) is 3.43. The van der Waals surface area contributed by atoms with Crippen LogP contribution in [0, 0.1) is 0 Å². The lowest BCUT2D eigenvalue weighted by Gasteiger charge is -2.18. The summed E-state index contributed by atoms with van der Waals surface area (Å²) in [6, 6.07) is 15.8. The van der Waals surface area contributed by atoms with E-state index >= 15 is 0 Å². The van der Waals surface area contributed by atoms with E-state index in [4.69, 9.17) is 9.47 Å². The van der Waals surface area contributed by atoms with Gasteiger partial charge < -0.3 is 19.7 Å². The molecule has 0 radical (unpaired) electrons. The van der Waals surface area contributed by atoms with Gasteiger partial charge in [0, 0.05) is 12.7 Å². The van der Waals surface area contributed by atoms with Gasteiger partial charge in [0.15, 0.2) is 0 Å². The Hall–Kier alpha value is -3.02. The number of amides is 2.